The molecule has 0 heterocycles. The van der Waals surface area contributed by atoms with Gasteiger partial charge in [-0.1, -0.05) is 74.5 Å². The van der Waals surface area contributed by atoms with Gasteiger partial charge in [-0.25, -0.2) is 0 Å². The zero-order chi connectivity index (χ0) is 25.1. The molecule has 2 aromatic carbocycles. The molecule has 4 nitrogen and oxygen atoms in total. The van der Waals surface area contributed by atoms with Crippen molar-refractivity contribution in [1.82, 2.24) is 0 Å². The van der Waals surface area contributed by atoms with Crippen molar-refractivity contribution in [2.45, 2.75) is 62.9 Å². The summed E-state index contributed by atoms with van der Waals surface area (Å²) in [7, 11) is 2.92. The Hall–Kier alpha value is -1.69. The van der Waals surface area contributed by atoms with Crippen LogP contribution in [-0.4, -0.2) is 31.2 Å². The average Bonchev–Trinajstić information content (AvgIpc) is 2.84. The maximum Gasteiger partial charge on any atom is 0.320 e. The van der Waals surface area contributed by atoms with Crippen LogP contribution in [0.25, 0.3) is 0 Å². The van der Waals surface area contributed by atoms with E-state index in [1.165, 1.54) is 13.5 Å². The summed E-state index contributed by atoms with van der Waals surface area (Å²) in [5.74, 6) is 0.0582. The standard InChI is InChI=1S/C27H34Cl2O4S/c1-5-6-7-18(2)8-15-24(34-17-19-9-12-21(32-3)13-10-19)26(30)25(27(31)33-4)22-14-11-20(28)16-23(22)29/h9-14,16,18,24-25H,5-8,15,17H2,1-4H3. The van der Waals surface area contributed by atoms with Crippen molar-refractivity contribution >= 4 is 46.7 Å². The highest BCUT2D eigenvalue weighted by Gasteiger charge is 2.36. The van der Waals surface area contributed by atoms with E-state index in [0.29, 0.717) is 28.7 Å². The Bertz CT molecular complexity index is 933. The minimum atomic E-state index is -1.09. The Kier molecular flexibility index (Phi) is 12.3. The topological polar surface area (TPSA) is 52.6 Å². The predicted molar refractivity (Wildman–Crippen MR) is 142 cm³/mol. The summed E-state index contributed by atoms with van der Waals surface area (Å²) in [4.78, 5) is 26.6. The highest BCUT2D eigenvalue weighted by molar-refractivity contribution is 7.99. The molecule has 2 aromatic rings. The number of esters is 1. The lowest BCUT2D eigenvalue weighted by molar-refractivity contribution is -0.145. The molecule has 2 rings (SSSR count). The largest absolute Gasteiger partial charge is 0.497 e. The van der Waals surface area contributed by atoms with E-state index in [4.69, 9.17) is 32.7 Å². The van der Waals surface area contributed by atoms with E-state index < -0.39 is 11.9 Å². The molecule has 0 aliphatic heterocycles. The molecular weight excluding hydrogens is 491 g/mol. The zero-order valence-corrected chi connectivity index (χ0v) is 22.6. The number of halogens is 2. The molecule has 0 spiro atoms. The third kappa shape index (κ3) is 8.51. The Balaban J connectivity index is 2.27. The zero-order valence-electron chi connectivity index (χ0n) is 20.3. The molecule has 0 radical (unpaired) electrons. The molecule has 3 atom stereocenters. The van der Waals surface area contributed by atoms with Crippen molar-refractivity contribution in [3.63, 3.8) is 0 Å². The van der Waals surface area contributed by atoms with Gasteiger partial charge in [0.15, 0.2) is 5.78 Å². The lowest BCUT2D eigenvalue weighted by atomic mass is 9.89. The molecule has 34 heavy (non-hydrogen) atoms. The number of ether oxygens (including phenoxy) is 2. The smallest absolute Gasteiger partial charge is 0.320 e. The molecule has 7 heteroatoms. The third-order valence-electron chi connectivity index (χ3n) is 5.89. The number of carbonyl (C=O) groups is 2. The second-order valence-corrected chi connectivity index (χ2v) is 10.5. The van der Waals surface area contributed by atoms with Crippen molar-refractivity contribution in [2.75, 3.05) is 14.2 Å². The van der Waals surface area contributed by atoms with E-state index in [1.54, 1.807) is 37.1 Å². The average molecular weight is 526 g/mol. The van der Waals surface area contributed by atoms with Gasteiger partial charge in [-0.05, 0) is 54.2 Å². The minimum Gasteiger partial charge on any atom is -0.497 e. The van der Waals surface area contributed by atoms with Gasteiger partial charge in [0.05, 0.1) is 19.5 Å². The first kappa shape index (κ1) is 28.5. The SMILES string of the molecule is CCCCC(C)CCC(SCc1ccc(OC)cc1)C(=O)C(C(=O)OC)c1ccc(Cl)cc1Cl. The summed E-state index contributed by atoms with van der Waals surface area (Å²) in [6, 6.07) is 12.6. The van der Waals surface area contributed by atoms with Gasteiger partial charge in [0.2, 0.25) is 0 Å². The Morgan fingerprint density at radius 2 is 1.71 bits per heavy atom. The molecule has 0 amide bonds. The quantitative estimate of drug-likeness (QED) is 0.187. The molecule has 0 N–H and O–H groups in total. The molecule has 0 aliphatic rings. The number of thioether (sulfide) groups is 1. The van der Waals surface area contributed by atoms with Crippen LogP contribution in [0, 0.1) is 5.92 Å². The number of carbonyl (C=O) groups excluding carboxylic acids is 2. The number of Topliss-reactive ketones (excluding diaryl/α,β-unsaturated/α-hetero) is 1. The van der Waals surface area contributed by atoms with Gasteiger partial charge in [-0.15, -0.1) is 11.8 Å². The number of hydrogen-bond donors (Lipinski definition) is 0. The number of hydrogen-bond acceptors (Lipinski definition) is 5. The van der Waals surface area contributed by atoms with Crippen LogP contribution in [0.5, 0.6) is 5.75 Å². The fourth-order valence-electron chi connectivity index (χ4n) is 3.79. The molecule has 0 aliphatic carbocycles. The fraction of sp³-hybridized carbons (Fsp3) is 0.481. The molecule has 0 bridgehead atoms. The van der Waals surface area contributed by atoms with Crippen LogP contribution < -0.4 is 4.74 Å². The first-order chi connectivity index (χ1) is 16.3. The van der Waals surface area contributed by atoms with Crippen LogP contribution in [0.2, 0.25) is 10.0 Å². The predicted octanol–water partition coefficient (Wildman–Crippen LogP) is 7.74. The van der Waals surface area contributed by atoms with Gasteiger partial charge in [0.25, 0.3) is 0 Å². The van der Waals surface area contributed by atoms with E-state index in [2.05, 4.69) is 13.8 Å². The number of ketones is 1. The van der Waals surface area contributed by atoms with Gasteiger partial charge in [-0.3, -0.25) is 9.59 Å². The normalized spacial score (nSPS) is 13.7. The highest BCUT2D eigenvalue weighted by atomic mass is 35.5. The van der Waals surface area contributed by atoms with Crippen molar-refractivity contribution < 1.29 is 19.1 Å². The molecule has 0 saturated heterocycles. The van der Waals surface area contributed by atoms with Crippen molar-refractivity contribution in [1.29, 1.82) is 0 Å². The van der Waals surface area contributed by atoms with Crippen LogP contribution in [0.1, 0.15) is 63.0 Å². The summed E-state index contributed by atoms with van der Waals surface area (Å²) >= 11 is 14.0. The van der Waals surface area contributed by atoms with Crippen molar-refractivity contribution in [3.8, 4) is 5.75 Å². The lowest BCUT2D eigenvalue weighted by Gasteiger charge is -2.23. The van der Waals surface area contributed by atoms with Gasteiger partial charge in [0, 0.05) is 15.8 Å². The maximum absolute atomic E-state index is 13.8. The minimum absolute atomic E-state index is 0.183. The van der Waals surface area contributed by atoms with E-state index in [-0.39, 0.29) is 16.1 Å². The first-order valence-corrected chi connectivity index (χ1v) is 13.4. The highest BCUT2D eigenvalue weighted by Crippen LogP contribution is 2.35. The van der Waals surface area contributed by atoms with Crippen molar-refractivity contribution in [2.24, 2.45) is 5.92 Å². The summed E-state index contributed by atoms with van der Waals surface area (Å²) in [6.07, 6.45) is 5.05. The van der Waals surface area contributed by atoms with E-state index in [9.17, 15) is 9.59 Å². The first-order valence-electron chi connectivity index (χ1n) is 11.6. The second-order valence-electron chi connectivity index (χ2n) is 8.50. The molecule has 3 unspecified atom stereocenters. The fourth-order valence-corrected chi connectivity index (χ4v) is 5.50. The molecular formula is C27H34Cl2O4S. The Morgan fingerprint density at radius 1 is 1.00 bits per heavy atom. The van der Waals surface area contributed by atoms with Crippen LogP contribution in [0.3, 0.4) is 0 Å². The molecule has 0 saturated carbocycles. The van der Waals surface area contributed by atoms with Crippen LogP contribution in [-0.2, 0) is 20.1 Å². The van der Waals surface area contributed by atoms with Crippen LogP contribution in [0.4, 0.5) is 0 Å². The van der Waals surface area contributed by atoms with Gasteiger partial charge in [0.1, 0.15) is 11.7 Å². The summed E-state index contributed by atoms with van der Waals surface area (Å²) in [5, 5.41) is 0.355. The molecule has 0 aromatic heterocycles. The summed E-state index contributed by atoms with van der Waals surface area (Å²) in [5.41, 5.74) is 1.51. The number of unbranched alkanes of at least 4 members (excludes halogenated alkanes) is 1. The second kappa shape index (κ2) is 14.7. The van der Waals surface area contributed by atoms with E-state index in [1.807, 2.05) is 24.3 Å². The van der Waals surface area contributed by atoms with Gasteiger partial charge >= 0.3 is 5.97 Å². The summed E-state index contributed by atoms with van der Waals surface area (Å²) in [6.45, 7) is 4.40. The van der Waals surface area contributed by atoms with Gasteiger partial charge in [-0.2, -0.15) is 0 Å². The van der Waals surface area contributed by atoms with E-state index in [0.717, 1.165) is 30.6 Å². The summed E-state index contributed by atoms with van der Waals surface area (Å²) < 4.78 is 10.3. The molecule has 186 valence electrons. The van der Waals surface area contributed by atoms with Crippen molar-refractivity contribution in [3.05, 3.63) is 63.6 Å². The van der Waals surface area contributed by atoms with Crippen LogP contribution in [0.15, 0.2) is 42.5 Å². The maximum atomic E-state index is 13.8. The van der Waals surface area contributed by atoms with E-state index >= 15 is 0 Å². The number of benzene rings is 2. The van der Waals surface area contributed by atoms with Gasteiger partial charge < -0.3 is 9.47 Å². The Labute approximate surface area is 217 Å². The molecule has 0 fully saturated rings. The monoisotopic (exact) mass is 524 g/mol. The number of methoxy groups -OCH3 is 2. The third-order valence-corrected chi connectivity index (χ3v) is 7.83. The lowest BCUT2D eigenvalue weighted by Crippen LogP contribution is -2.31. The number of rotatable bonds is 14. The van der Waals surface area contributed by atoms with Crippen LogP contribution >= 0.6 is 35.0 Å². The Morgan fingerprint density at radius 3 is 2.29 bits per heavy atom.